The molecular weight excluding hydrogens is 410 g/mol. The largest absolute Gasteiger partial charge is 0.384 e. The number of benzene rings is 1. The highest BCUT2D eigenvalue weighted by Gasteiger charge is 2.23. The molecule has 0 aliphatic heterocycles. The number of nitrogen functional groups attached to an aromatic ring is 1. The lowest BCUT2D eigenvalue weighted by Crippen LogP contribution is -2.10. The summed E-state index contributed by atoms with van der Waals surface area (Å²) in [6.07, 6.45) is 8.04. The molecule has 1 aromatic carbocycles. The summed E-state index contributed by atoms with van der Waals surface area (Å²) in [7, 11) is -3.36. The highest BCUT2D eigenvalue weighted by molar-refractivity contribution is 7.90. The quantitative estimate of drug-likeness (QED) is 0.478. The van der Waals surface area contributed by atoms with Crippen LogP contribution in [-0.4, -0.2) is 29.6 Å². The normalized spacial score (nSPS) is 12.3. The van der Waals surface area contributed by atoms with Crippen molar-refractivity contribution in [2.45, 2.75) is 10.8 Å². The van der Waals surface area contributed by atoms with E-state index >= 15 is 0 Å². The number of nitrogens with zero attached hydrogens (tertiary/aromatic N) is 3. The van der Waals surface area contributed by atoms with E-state index in [-0.39, 0.29) is 10.8 Å². The van der Waals surface area contributed by atoms with Crippen molar-refractivity contribution in [1.29, 1.82) is 0 Å². The fourth-order valence-corrected chi connectivity index (χ4v) is 4.09. The van der Waals surface area contributed by atoms with E-state index in [2.05, 4.69) is 20.3 Å². The van der Waals surface area contributed by atoms with Gasteiger partial charge in [-0.2, -0.15) is 0 Å². The molecule has 4 aromatic rings. The number of pyridine rings is 3. The molecule has 156 valence electrons. The van der Waals surface area contributed by atoms with Crippen LogP contribution < -0.4 is 11.1 Å². The lowest BCUT2D eigenvalue weighted by molar-refractivity contribution is 0.601. The van der Waals surface area contributed by atoms with Crippen molar-refractivity contribution in [3.05, 3.63) is 102 Å². The van der Waals surface area contributed by atoms with E-state index in [1.54, 1.807) is 49.1 Å². The fourth-order valence-electron chi connectivity index (χ4n) is 3.41. The molecule has 0 saturated heterocycles. The van der Waals surface area contributed by atoms with Crippen molar-refractivity contribution >= 4 is 27.2 Å². The second kappa shape index (κ2) is 8.53. The van der Waals surface area contributed by atoms with Crippen LogP contribution in [0, 0.1) is 0 Å². The molecule has 1 atom stereocenters. The zero-order chi connectivity index (χ0) is 21.8. The number of nitrogens with two attached hydrogens (primary N) is 1. The van der Waals surface area contributed by atoms with Crippen LogP contribution >= 0.6 is 0 Å². The molecule has 0 radical (unpaired) electrons. The summed E-state index contributed by atoms with van der Waals surface area (Å²) in [6, 6.07) is 18.1. The predicted molar refractivity (Wildman–Crippen MR) is 121 cm³/mol. The van der Waals surface area contributed by atoms with E-state index in [9.17, 15) is 8.42 Å². The molecule has 0 aliphatic rings. The van der Waals surface area contributed by atoms with Crippen LogP contribution in [0.25, 0.3) is 0 Å². The number of hydrogen-bond acceptors (Lipinski definition) is 7. The van der Waals surface area contributed by atoms with Crippen molar-refractivity contribution in [1.82, 2.24) is 15.0 Å². The summed E-state index contributed by atoms with van der Waals surface area (Å²) >= 11 is 0. The van der Waals surface area contributed by atoms with Gasteiger partial charge in [0.15, 0.2) is 9.84 Å². The van der Waals surface area contributed by atoms with Gasteiger partial charge in [-0.25, -0.2) is 13.4 Å². The van der Waals surface area contributed by atoms with E-state index in [1.165, 1.54) is 6.26 Å². The van der Waals surface area contributed by atoms with Crippen molar-refractivity contribution in [2.75, 3.05) is 17.3 Å². The first-order valence-corrected chi connectivity index (χ1v) is 11.4. The number of nitrogens with one attached hydrogen (secondary N) is 1. The van der Waals surface area contributed by atoms with Gasteiger partial charge in [0.25, 0.3) is 0 Å². The zero-order valence-electron chi connectivity index (χ0n) is 16.8. The monoisotopic (exact) mass is 431 g/mol. The maximum absolute atomic E-state index is 12.2. The van der Waals surface area contributed by atoms with Crippen LogP contribution in [0.1, 0.15) is 22.6 Å². The van der Waals surface area contributed by atoms with Gasteiger partial charge in [0.1, 0.15) is 11.6 Å². The molecule has 0 spiro atoms. The average molecular weight is 432 g/mol. The van der Waals surface area contributed by atoms with E-state index in [1.807, 2.05) is 36.4 Å². The molecule has 0 saturated carbocycles. The van der Waals surface area contributed by atoms with Crippen molar-refractivity contribution in [2.24, 2.45) is 0 Å². The molecule has 1 unspecified atom stereocenters. The number of anilines is 3. The van der Waals surface area contributed by atoms with Crippen LogP contribution in [0.4, 0.5) is 17.3 Å². The molecule has 8 heteroatoms. The van der Waals surface area contributed by atoms with Crippen LogP contribution in [0.15, 0.2) is 90.3 Å². The summed E-state index contributed by atoms with van der Waals surface area (Å²) < 4.78 is 24.3. The predicted octanol–water partition coefficient (Wildman–Crippen LogP) is 3.78. The SMILES string of the molecule is CS(=O)(=O)c1cccc(C(c2cccnc2)c2ccc(N)nc2Nc2cccnc2)c1. The number of rotatable bonds is 6. The second-order valence-corrected chi connectivity index (χ2v) is 9.12. The Labute approximate surface area is 181 Å². The van der Waals surface area contributed by atoms with Crippen molar-refractivity contribution in [3.63, 3.8) is 0 Å². The summed E-state index contributed by atoms with van der Waals surface area (Å²) in [5.41, 5.74) is 9.27. The molecule has 3 heterocycles. The Bertz CT molecular complexity index is 1300. The smallest absolute Gasteiger partial charge is 0.175 e. The lowest BCUT2D eigenvalue weighted by atomic mass is 9.86. The fraction of sp³-hybridized carbons (Fsp3) is 0.0870. The summed E-state index contributed by atoms with van der Waals surface area (Å²) in [4.78, 5) is 13.2. The number of aromatic nitrogens is 3. The van der Waals surface area contributed by atoms with E-state index in [4.69, 9.17) is 5.73 Å². The third-order valence-electron chi connectivity index (χ3n) is 4.82. The van der Waals surface area contributed by atoms with Crippen molar-refractivity contribution in [3.8, 4) is 0 Å². The Morgan fingerprint density at radius 1 is 0.903 bits per heavy atom. The van der Waals surface area contributed by atoms with Crippen molar-refractivity contribution < 1.29 is 8.42 Å². The van der Waals surface area contributed by atoms with E-state index in [0.29, 0.717) is 11.6 Å². The highest BCUT2D eigenvalue weighted by Crippen LogP contribution is 2.37. The molecule has 31 heavy (non-hydrogen) atoms. The van der Waals surface area contributed by atoms with Crippen LogP contribution in [0.2, 0.25) is 0 Å². The van der Waals surface area contributed by atoms with E-state index in [0.717, 1.165) is 22.4 Å². The van der Waals surface area contributed by atoms with Gasteiger partial charge < -0.3 is 11.1 Å². The summed E-state index contributed by atoms with van der Waals surface area (Å²) in [5.74, 6) is 0.610. The Morgan fingerprint density at radius 3 is 2.32 bits per heavy atom. The molecule has 0 amide bonds. The van der Waals surface area contributed by atoms with Gasteiger partial charge in [0.2, 0.25) is 0 Å². The van der Waals surface area contributed by atoms with Gasteiger partial charge in [0, 0.05) is 36.3 Å². The molecule has 0 bridgehead atoms. The van der Waals surface area contributed by atoms with Gasteiger partial charge in [-0.05, 0) is 47.5 Å². The number of hydrogen-bond donors (Lipinski definition) is 2. The minimum absolute atomic E-state index is 0.254. The van der Waals surface area contributed by atoms with Crippen LogP contribution in [0.3, 0.4) is 0 Å². The van der Waals surface area contributed by atoms with Gasteiger partial charge in [-0.1, -0.05) is 24.3 Å². The topological polar surface area (TPSA) is 111 Å². The minimum Gasteiger partial charge on any atom is -0.384 e. The minimum atomic E-state index is -3.36. The zero-order valence-corrected chi connectivity index (χ0v) is 17.6. The molecule has 0 aliphatic carbocycles. The Morgan fingerprint density at radius 2 is 1.65 bits per heavy atom. The Kier molecular flexibility index (Phi) is 5.64. The third kappa shape index (κ3) is 4.70. The molecule has 3 aromatic heterocycles. The van der Waals surface area contributed by atoms with E-state index < -0.39 is 9.84 Å². The summed E-state index contributed by atoms with van der Waals surface area (Å²) in [5, 5.41) is 3.29. The molecule has 4 rings (SSSR count). The van der Waals surface area contributed by atoms with Crippen LogP contribution in [-0.2, 0) is 9.84 Å². The van der Waals surface area contributed by atoms with Gasteiger partial charge >= 0.3 is 0 Å². The number of sulfone groups is 1. The second-order valence-electron chi connectivity index (χ2n) is 7.10. The Balaban J connectivity index is 1.90. The van der Waals surface area contributed by atoms with Crippen LogP contribution in [0.5, 0.6) is 0 Å². The van der Waals surface area contributed by atoms with Gasteiger partial charge in [-0.3, -0.25) is 9.97 Å². The summed E-state index contributed by atoms with van der Waals surface area (Å²) in [6.45, 7) is 0. The average Bonchev–Trinajstić information content (AvgIpc) is 2.77. The third-order valence-corrected chi connectivity index (χ3v) is 5.93. The molecule has 0 fully saturated rings. The Hall–Kier alpha value is -3.78. The maximum atomic E-state index is 12.2. The molecule has 3 N–H and O–H groups in total. The van der Waals surface area contributed by atoms with Gasteiger partial charge in [-0.15, -0.1) is 0 Å². The first-order valence-electron chi connectivity index (χ1n) is 9.55. The highest BCUT2D eigenvalue weighted by atomic mass is 32.2. The lowest BCUT2D eigenvalue weighted by Gasteiger charge is -2.22. The maximum Gasteiger partial charge on any atom is 0.175 e. The molecular formula is C23H21N5O2S. The first kappa shape index (κ1) is 20.5. The standard InChI is InChI=1S/C23H21N5O2S/c1-31(29,30)19-8-2-5-16(13-19)22(17-6-3-11-25-14-17)20-9-10-21(24)28-23(20)27-18-7-4-12-26-15-18/h2-15,22H,1H3,(H3,24,27,28). The van der Waals surface area contributed by atoms with Gasteiger partial charge in [0.05, 0.1) is 16.8 Å². The molecule has 7 nitrogen and oxygen atoms in total. The first-order chi connectivity index (χ1) is 14.9.